The van der Waals surface area contributed by atoms with Gasteiger partial charge in [0, 0.05) is 31.4 Å². The first-order chi connectivity index (χ1) is 9.74. The van der Waals surface area contributed by atoms with Gasteiger partial charge in [0.2, 0.25) is 0 Å². The Balaban J connectivity index is 2.02. The first kappa shape index (κ1) is 15.6. The van der Waals surface area contributed by atoms with E-state index in [0.717, 1.165) is 31.3 Å². The molecule has 0 radical (unpaired) electrons. The highest BCUT2D eigenvalue weighted by atomic mass is 15.1. The smallest absolute Gasteiger partial charge is 0.110 e. The Morgan fingerprint density at radius 1 is 1.40 bits per heavy atom. The summed E-state index contributed by atoms with van der Waals surface area (Å²) < 4.78 is 2.28. The van der Waals surface area contributed by atoms with Crippen molar-refractivity contribution in [3.05, 3.63) is 18.2 Å². The molecule has 1 aromatic heterocycles. The van der Waals surface area contributed by atoms with Crippen LogP contribution in [0, 0.1) is 11.8 Å². The summed E-state index contributed by atoms with van der Waals surface area (Å²) in [5.74, 6) is 2.97. The van der Waals surface area contributed by atoms with Gasteiger partial charge in [0.1, 0.15) is 5.82 Å². The van der Waals surface area contributed by atoms with Crippen molar-refractivity contribution in [2.24, 2.45) is 11.8 Å². The Hall–Kier alpha value is -0.830. The van der Waals surface area contributed by atoms with Gasteiger partial charge in [0.05, 0.1) is 0 Å². The number of hydrogen-bond acceptors (Lipinski definition) is 2. The lowest BCUT2D eigenvalue weighted by atomic mass is 9.77. The van der Waals surface area contributed by atoms with Crippen molar-refractivity contribution in [1.82, 2.24) is 14.9 Å². The zero-order valence-corrected chi connectivity index (χ0v) is 13.4. The lowest BCUT2D eigenvalue weighted by Crippen LogP contribution is -2.41. The molecule has 1 aromatic rings. The zero-order valence-electron chi connectivity index (χ0n) is 13.4. The van der Waals surface area contributed by atoms with Crippen LogP contribution in [-0.2, 0) is 13.0 Å². The van der Waals surface area contributed by atoms with Crippen LogP contribution in [0.2, 0.25) is 0 Å². The van der Waals surface area contributed by atoms with Gasteiger partial charge in [-0.05, 0) is 44.6 Å². The fourth-order valence-electron chi connectivity index (χ4n) is 3.60. The molecule has 1 aliphatic rings. The van der Waals surface area contributed by atoms with Gasteiger partial charge in [-0.2, -0.15) is 0 Å². The Bertz CT molecular complexity index is 385. The fourth-order valence-corrected chi connectivity index (χ4v) is 3.60. The number of aromatic nitrogens is 2. The molecular formula is C17H31N3. The lowest BCUT2D eigenvalue weighted by Gasteiger charge is -2.34. The van der Waals surface area contributed by atoms with E-state index in [-0.39, 0.29) is 0 Å². The molecule has 1 aliphatic carbocycles. The normalized spacial score (nSPS) is 24.8. The predicted octanol–water partition coefficient (Wildman–Crippen LogP) is 3.64. The number of rotatable bonds is 7. The highest BCUT2D eigenvalue weighted by Crippen LogP contribution is 2.31. The van der Waals surface area contributed by atoms with Crippen molar-refractivity contribution >= 4 is 0 Å². The van der Waals surface area contributed by atoms with Gasteiger partial charge in [-0.3, -0.25) is 0 Å². The molecule has 0 spiro atoms. The van der Waals surface area contributed by atoms with Crippen LogP contribution in [-0.4, -0.2) is 22.1 Å². The van der Waals surface area contributed by atoms with E-state index in [9.17, 15) is 0 Å². The predicted molar refractivity (Wildman–Crippen MR) is 84.8 cm³/mol. The molecule has 0 bridgehead atoms. The lowest BCUT2D eigenvalue weighted by molar-refractivity contribution is 0.219. The SMILES string of the molecule is CCCNC(Cc1nccn1CC)C1CCCC(C)C1. The third-order valence-corrected chi connectivity index (χ3v) is 4.75. The van der Waals surface area contributed by atoms with Gasteiger partial charge >= 0.3 is 0 Å². The largest absolute Gasteiger partial charge is 0.335 e. The van der Waals surface area contributed by atoms with E-state index in [0.29, 0.717) is 6.04 Å². The molecule has 0 amide bonds. The van der Waals surface area contributed by atoms with E-state index in [2.05, 4.69) is 41.8 Å². The average Bonchev–Trinajstić information content (AvgIpc) is 2.90. The van der Waals surface area contributed by atoms with Crippen molar-refractivity contribution < 1.29 is 0 Å². The summed E-state index contributed by atoms with van der Waals surface area (Å²) in [6.45, 7) is 9.01. The summed E-state index contributed by atoms with van der Waals surface area (Å²) in [5.41, 5.74) is 0. The monoisotopic (exact) mass is 277 g/mol. The second kappa shape index (κ2) is 7.82. The van der Waals surface area contributed by atoms with Crippen molar-refractivity contribution in [3.63, 3.8) is 0 Å². The van der Waals surface area contributed by atoms with E-state index in [4.69, 9.17) is 0 Å². The molecule has 1 heterocycles. The van der Waals surface area contributed by atoms with Crippen LogP contribution in [0.15, 0.2) is 12.4 Å². The van der Waals surface area contributed by atoms with Crippen LogP contribution in [0.25, 0.3) is 0 Å². The van der Waals surface area contributed by atoms with Crippen molar-refractivity contribution in [3.8, 4) is 0 Å². The molecule has 2 rings (SSSR count). The summed E-state index contributed by atoms with van der Waals surface area (Å²) in [7, 11) is 0. The van der Waals surface area contributed by atoms with Crippen LogP contribution in [0.3, 0.4) is 0 Å². The van der Waals surface area contributed by atoms with E-state index in [1.54, 1.807) is 0 Å². The molecule has 0 aliphatic heterocycles. The maximum Gasteiger partial charge on any atom is 0.110 e. The standard InChI is InChI=1S/C17H31N3/c1-4-9-18-16(15-8-6-7-14(3)12-15)13-17-19-10-11-20(17)5-2/h10-11,14-16,18H,4-9,12-13H2,1-3H3. The summed E-state index contributed by atoms with van der Waals surface area (Å²) in [6, 6.07) is 0.602. The third kappa shape index (κ3) is 4.08. The van der Waals surface area contributed by atoms with Gasteiger partial charge in [-0.1, -0.05) is 26.7 Å². The van der Waals surface area contributed by atoms with Crippen LogP contribution < -0.4 is 5.32 Å². The number of imidazole rings is 1. The second-order valence-corrected chi connectivity index (χ2v) is 6.43. The van der Waals surface area contributed by atoms with Crippen LogP contribution in [0.5, 0.6) is 0 Å². The topological polar surface area (TPSA) is 29.9 Å². The molecule has 3 atom stereocenters. The molecule has 1 N–H and O–H groups in total. The highest BCUT2D eigenvalue weighted by Gasteiger charge is 2.27. The van der Waals surface area contributed by atoms with Gasteiger partial charge in [-0.25, -0.2) is 4.98 Å². The Morgan fingerprint density at radius 3 is 2.95 bits per heavy atom. The molecule has 3 heteroatoms. The molecule has 20 heavy (non-hydrogen) atoms. The first-order valence-electron chi connectivity index (χ1n) is 8.48. The van der Waals surface area contributed by atoms with E-state index < -0.39 is 0 Å². The molecule has 114 valence electrons. The highest BCUT2D eigenvalue weighted by molar-refractivity contribution is 4.97. The minimum absolute atomic E-state index is 0.602. The van der Waals surface area contributed by atoms with Gasteiger partial charge in [-0.15, -0.1) is 0 Å². The molecule has 3 unspecified atom stereocenters. The Labute approximate surface area is 124 Å². The minimum atomic E-state index is 0.602. The molecular weight excluding hydrogens is 246 g/mol. The summed E-state index contributed by atoms with van der Waals surface area (Å²) in [4.78, 5) is 4.57. The Morgan fingerprint density at radius 2 is 2.25 bits per heavy atom. The minimum Gasteiger partial charge on any atom is -0.335 e. The molecule has 0 aromatic carbocycles. The molecule has 1 fully saturated rings. The molecule has 1 saturated carbocycles. The fraction of sp³-hybridized carbons (Fsp3) is 0.824. The second-order valence-electron chi connectivity index (χ2n) is 6.43. The number of hydrogen-bond donors (Lipinski definition) is 1. The summed E-state index contributed by atoms with van der Waals surface area (Å²) in [5, 5.41) is 3.80. The Kier molecular flexibility index (Phi) is 6.08. The van der Waals surface area contributed by atoms with Crippen LogP contribution >= 0.6 is 0 Å². The quantitative estimate of drug-likeness (QED) is 0.824. The number of nitrogens with one attached hydrogen (secondary N) is 1. The van der Waals surface area contributed by atoms with Crippen LogP contribution in [0.1, 0.15) is 58.7 Å². The van der Waals surface area contributed by atoms with Crippen molar-refractivity contribution in [2.75, 3.05) is 6.54 Å². The summed E-state index contributed by atoms with van der Waals surface area (Å²) in [6.07, 6.45) is 11.9. The maximum atomic E-state index is 4.57. The maximum absolute atomic E-state index is 4.57. The van der Waals surface area contributed by atoms with Gasteiger partial charge in [0.15, 0.2) is 0 Å². The molecule has 0 saturated heterocycles. The average molecular weight is 277 g/mol. The first-order valence-corrected chi connectivity index (χ1v) is 8.48. The van der Waals surface area contributed by atoms with E-state index >= 15 is 0 Å². The zero-order chi connectivity index (χ0) is 14.4. The van der Waals surface area contributed by atoms with Crippen LogP contribution in [0.4, 0.5) is 0 Å². The van der Waals surface area contributed by atoms with Crippen molar-refractivity contribution in [1.29, 1.82) is 0 Å². The number of aryl methyl sites for hydroxylation is 1. The van der Waals surface area contributed by atoms with E-state index in [1.807, 2.05) is 6.20 Å². The summed E-state index contributed by atoms with van der Waals surface area (Å²) >= 11 is 0. The molecule has 3 nitrogen and oxygen atoms in total. The van der Waals surface area contributed by atoms with E-state index in [1.165, 1.54) is 37.9 Å². The van der Waals surface area contributed by atoms with Gasteiger partial charge in [0.25, 0.3) is 0 Å². The third-order valence-electron chi connectivity index (χ3n) is 4.75. The van der Waals surface area contributed by atoms with Gasteiger partial charge < -0.3 is 9.88 Å². The van der Waals surface area contributed by atoms with Crippen molar-refractivity contribution in [2.45, 2.75) is 71.9 Å². The number of nitrogens with zero attached hydrogens (tertiary/aromatic N) is 2.